The van der Waals surface area contributed by atoms with Gasteiger partial charge in [0.25, 0.3) is 23.8 Å². The Morgan fingerprint density at radius 3 is 2.18 bits per heavy atom. The van der Waals surface area contributed by atoms with Crippen LogP contribution in [0.15, 0.2) is 106 Å². The maximum Gasteiger partial charge on any atom is 0.295 e. The van der Waals surface area contributed by atoms with E-state index in [-0.39, 0.29) is 35.7 Å². The van der Waals surface area contributed by atoms with Crippen LogP contribution in [-0.2, 0) is 6.54 Å². The lowest BCUT2D eigenvalue weighted by atomic mass is 9.85. The van der Waals surface area contributed by atoms with Crippen LogP contribution in [0.5, 0.6) is 0 Å². The van der Waals surface area contributed by atoms with Crippen LogP contribution in [0.4, 0.5) is 12.0 Å². The van der Waals surface area contributed by atoms with Crippen LogP contribution >= 0.6 is 23.2 Å². The number of halogens is 2. The molecule has 8 aromatic rings. The molecule has 4 aromatic heterocycles. The Labute approximate surface area is 397 Å². The molecule has 4 atom stereocenters. The van der Waals surface area contributed by atoms with Gasteiger partial charge in [0, 0.05) is 66.2 Å². The highest BCUT2D eigenvalue weighted by Crippen LogP contribution is 2.34. The number of anilines is 2. The predicted octanol–water partition coefficient (Wildman–Crippen LogP) is 10.1. The van der Waals surface area contributed by atoms with E-state index in [0.29, 0.717) is 93.8 Å². The second-order valence-electron chi connectivity index (χ2n) is 17.8. The van der Waals surface area contributed by atoms with Crippen LogP contribution in [0.25, 0.3) is 39.0 Å². The van der Waals surface area contributed by atoms with E-state index in [1.165, 1.54) is 4.80 Å². The molecule has 0 aliphatic carbocycles. The number of likely N-dealkylation sites (tertiary alicyclic amines) is 2. The number of carbonyl (C=O) groups is 2. The van der Waals surface area contributed by atoms with Crippen molar-refractivity contribution in [1.82, 2.24) is 44.5 Å². The lowest BCUT2D eigenvalue weighted by Crippen LogP contribution is -2.52. The highest BCUT2D eigenvalue weighted by molar-refractivity contribution is 6.31. The number of hydrogen-bond donors (Lipinski definition) is 2. The second-order valence-corrected chi connectivity index (χ2v) is 18.7. The van der Waals surface area contributed by atoms with Crippen molar-refractivity contribution in [3.63, 3.8) is 0 Å². The van der Waals surface area contributed by atoms with Gasteiger partial charge < -0.3 is 29.3 Å². The van der Waals surface area contributed by atoms with Crippen LogP contribution in [0.3, 0.4) is 0 Å². The molecule has 2 saturated heterocycles. The summed E-state index contributed by atoms with van der Waals surface area (Å²) in [6, 6.07) is 23.0. The Morgan fingerprint density at radius 1 is 0.716 bits per heavy atom. The minimum absolute atomic E-state index is 0.0152. The monoisotopic (exact) mass is 939 g/mol. The molecule has 67 heavy (non-hydrogen) atoms. The number of rotatable bonds is 13. The molecule has 2 N–H and O–H groups in total. The van der Waals surface area contributed by atoms with Crippen LogP contribution in [0, 0.1) is 25.7 Å². The summed E-state index contributed by atoms with van der Waals surface area (Å²) in [5, 5.41) is 21.5. The zero-order chi connectivity index (χ0) is 46.2. The molecule has 0 bridgehead atoms. The molecule has 2 aliphatic rings. The van der Waals surface area contributed by atoms with Crippen molar-refractivity contribution in [1.29, 1.82) is 0 Å². The number of amides is 2. The van der Waals surface area contributed by atoms with Gasteiger partial charge in [-0.15, -0.1) is 0 Å². The van der Waals surface area contributed by atoms with Crippen molar-refractivity contribution in [2.45, 2.75) is 71.5 Å². The Morgan fingerprint density at radius 2 is 1.37 bits per heavy atom. The Bertz CT molecular complexity index is 3070. The van der Waals surface area contributed by atoms with E-state index in [9.17, 15) is 9.59 Å². The number of aryl methyl sites for hydroxylation is 3. The Kier molecular flexibility index (Phi) is 12.4. The molecule has 2 aliphatic heterocycles. The molecular weight excluding hydrogens is 890 g/mol. The van der Waals surface area contributed by atoms with Crippen molar-refractivity contribution in [3.8, 4) is 16.8 Å². The molecule has 10 rings (SSSR count). The summed E-state index contributed by atoms with van der Waals surface area (Å²) in [6.07, 6.45) is 11.5. The average molecular weight is 941 g/mol. The molecule has 2 fully saturated rings. The highest BCUT2D eigenvalue weighted by atomic mass is 35.5. The lowest BCUT2D eigenvalue weighted by Gasteiger charge is -2.42. The summed E-state index contributed by atoms with van der Waals surface area (Å²) in [7, 11) is 0. The van der Waals surface area contributed by atoms with E-state index in [0.717, 1.165) is 54.4 Å². The third-order valence-corrected chi connectivity index (χ3v) is 13.7. The lowest BCUT2D eigenvalue weighted by molar-refractivity contribution is 0.0498. The molecule has 6 heterocycles. The summed E-state index contributed by atoms with van der Waals surface area (Å²) >= 11 is 12.5. The molecule has 0 spiro atoms. The molecule has 2 amide bonds. The van der Waals surface area contributed by atoms with Crippen LogP contribution < -0.4 is 10.6 Å². The molecule has 4 unspecified atom stereocenters. The number of hydrogen-bond acceptors (Lipinski definition) is 11. The third kappa shape index (κ3) is 9.35. The molecule has 15 nitrogen and oxygen atoms in total. The quantitative estimate of drug-likeness (QED) is 0.113. The van der Waals surface area contributed by atoms with Crippen molar-refractivity contribution >= 4 is 69.2 Å². The summed E-state index contributed by atoms with van der Waals surface area (Å²) in [4.78, 5) is 44.2. The van der Waals surface area contributed by atoms with E-state index in [4.69, 9.17) is 37.1 Å². The number of carbonyl (C=O) groups excluding carboxylic acids is 2. The van der Waals surface area contributed by atoms with Crippen molar-refractivity contribution in [2.24, 2.45) is 11.8 Å². The first kappa shape index (κ1) is 44.1. The van der Waals surface area contributed by atoms with Crippen LogP contribution in [0.1, 0.15) is 70.9 Å². The van der Waals surface area contributed by atoms with E-state index in [2.05, 4.69) is 37.7 Å². The van der Waals surface area contributed by atoms with Crippen LogP contribution in [0.2, 0.25) is 10.0 Å². The second kappa shape index (κ2) is 18.9. The first-order valence-corrected chi connectivity index (χ1v) is 23.6. The van der Waals surface area contributed by atoms with E-state index >= 15 is 0 Å². The molecule has 4 aromatic carbocycles. The largest absolute Gasteiger partial charge is 0.424 e. The number of piperidine rings is 2. The van der Waals surface area contributed by atoms with Gasteiger partial charge in [-0.1, -0.05) is 59.5 Å². The van der Waals surface area contributed by atoms with Gasteiger partial charge in [0.15, 0.2) is 11.2 Å². The van der Waals surface area contributed by atoms with Crippen molar-refractivity contribution < 1.29 is 18.4 Å². The maximum absolute atomic E-state index is 14.8. The zero-order valence-corrected chi connectivity index (χ0v) is 39.0. The third-order valence-electron chi connectivity index (χ3n) is 13.3. The number of fused-ring (bicyclic) bond motifs is 2. The van der Waals surface area contributed by atoms with Gasteiger partial charge in [0.1, 0.15) is 11.0 Å². The van der Waals surface area contributed by atoms with Gasteiger partial charge in [0.2, 0.25) is 0 Å². The number of benzene rings is 4. The van der Waals surface area contributed by atoms with Gasteiger partial charge in [-0.2, -0.15) is 30.1 Å². The van der Waals surface area contributed by atoms with Gasteiger partial charge in [-0.25, -0.2) is 0 Å². The molecule has 17 heteroatoms. The topological polar surface area (TPSA) is 165 Å². The van der Waals surface area contributed by atoms with Crippen molar-refractivity contribution in [2.75, 3.05) is 36.8 Å². The molecule has 344 valence electrons. The minimum atomic E-state index is -0.217. The minimum Gasteiger partial charge on any atom is -0.424 e. The number of nitrogens with zero attached hydrogens (tertiary/aromatic N) is 9. The smallest absolute Gasteiger partial charge is 0.295 e. The fourth-order valence-electron chi connectivity index (χ4n) is 9.80. The van der Waals surface area contributed by atoms with Crippen LogP contribution in [-0.4, -0.2) is 94.6 Å². The molecule has 0 radical (unpaired) electrons. The Hall–Kier alpha value is -6.71. The highest BCUT2D eigenvalue weighted by Gasteiger charge is 2.37. The van der Waals surface area contributed by atoms with Crippen molar-refractivity contribution in [3.05, 3.63) is 130 Å². The van der Waals surface area contributed by atoms with Gasteiger partial charge in [-0.05, 0) is 112 Å². The fourth-order valence-corrected chi connectivity index (χ4v) is 10.1. The van der Waals surface area contributed by atoms with E-state index in [1.807, 2.05) is 83.2 Å². The molecular formula is C50H51Cl2N11O4. The fraction of sp³-hybridized carbons (Fsp3) is 0.340. The predicted molar refractivity (Wildman–Crippen MR) is 259 cm³/mol. The summed E-state index contributed by atoms with van der Waals surface area (Å²) in [6.45, 7) is 8.92. The number of aromatic nitrogens is 7. The number of nitrogens with one attached hydrogen (secondary N) is 2. The number of oxazole rings is 2. The average Bonchev–Trinajstić information content (AvgIpc) is 4.17. The van der Waals surface area contributed by atoms with Gasteiger partial charge in [-0.3, -0.25) is 14.3 Å². The SMILES string of the molecule is Cc1ccc(-c2cnn(CCC3CCCN(C(=O)c4cc(C)ccc4-n4nccn4)C3CNc3nc4cc(Cl)ccc4o3)c2)c(C(=O)N2CCCC(C)C2CNc2nc3ccc(Cl)cc3o2)c1. The van der Waals surface area contributed by atoms with E-state index < -0.39 is 0 Å². The zero-order valence-electron chi connectivity index (χ0n) is 37.5. The first-order chi connectivity index (χ1) is 32.5. The first-order valence-electron chi connectivity index (χ1n) is 22.9. The standard InChI is InChI=1S/C50H51Cl2N11O4/c1-30-8-12-37(38(22-30)47(64)61-19-4-6-32(3)43(61)27-53-49-58-40-13-10-36(52)25-46(40)67-49)34-26-57-60(29-34)21-16-33-7-5-20-62(44(33)28-54-50-59-41-24-35(51)11-15-45(41)66-50)48(65)39-23-31(2)9-14-42(39)63-55-17-18-56-63/h8-15,17-18,22-26,29,32-33,43-44H,4-7,16,19-21,27-28H2,1-3H3,(H,53,58)(H,54,59). The summed E-state index contributed by atoms with van der Waals surface area (Å²) < 4.78 is 14.0. The summed E-state index contributed by atoms with van der Waals surface area (Å²) in [5.41, 5.74) is 8.06. The summed E-state index contributed by atoms with van der Waals surface area (Å²) in [5.74, 6) is 0.251. The molecule has 0 saturated carbocycles. The normalized spacial score (nSPS) is 18.8. The van der Waals surface area contributed by atoms with E-state index in [1.54, 1.807) is 42.7 Å². The van der Waals surface area contributed by atoms with Gasteiger partial charge >= 0.3 is 0 Å². The Balaban J connectivity index is 0.880. The maximum atomic E-state index is 14.8. The van der Waals surface area contributed by atoms with Gasteiger partial charge in [0.05, 0.1) is 41.9 Å².